The summed E-state index contributed by atoms with van der Waals surface area (Å²) in [6.45, 7) is 2.45. The molecule has 0 atom stereocenters. The number of ether oxygens (including phenoxy) is 3. The van der Waals surface area contributed by atoms with Crippen LogP contribution in [0.25, 0.3) is 21.8 Å². The Morgan fingerprint density at radius 2 is 1.94 bits per heavy atom. The monoisotopic (exact) mass is 422 g/mol. The van der Waals surface area contributed by atoms with Gasteiger partial charge < -0.3 is 24.9 Å². The maximum absolute atomic E-state index is 15.0. The summed E-state index contributed by atoms with van der Waals surface area (Å²) in [5.41, 5.74) is 8.06. The van der Waals surface area contributed by atoms with E-state index in [0.717, 1.165) is 18.5 Å². The number of nitrogens with one attached hydrogen (secondary N) is 1. The van der Waals surface area contributed by atoms with Gasteiger partial charge in [0.25, 0.3) is 0 Å². The molecule has 2 heterocycles. The number of rotatable bonds is 6. The predicted octanol–water partition coefficient (Wildman–Crippen LogP) is 4.48. The molecule has 3 N–H and O–H groups in total. The van der Waals surface area contributed by atoms with Crippen molar-refractivity contribution in [1.29, 1.82) is 0 Å². The maximum atomic E-state index is 15.0. The minimum Gasteiger partial charge on any atom is -0.493 e. The number of methoxy groups -OCH3 is 1. The Hall–Kier alpha value is -3.39. The van der Waals surface area contributed by atoms with Crippen molar-refractivity contribution in [3.8, 4) is 23.1 Å². The van der Waals surface area contributed by atoms with E-state index in [1.165, 1.54) is 6.33 Å². The van der Waals surface area contributed by atoms with Crippen LogP contribution in [0.4, 0.5) is 4.39 Å². The average molecular weight is 422 g/mol. The lowest BCUT2D eigenvalue weighted by Gasteiger charge is -2.32. The SMILES string of the molecule is COc1cc2c(Oc3ccc4[nH]c(C)cc4c3F)ncnc2cc1OC[C@H]1C[C@@H](N)C1. The zero-order valence-corrected chi connectivity index (χ0v) is 17.3. The highest BCUT2D eigenvalue weighted by molar-refractivity contribution is 5.87. The quantitative estimate of drug-likeness (QED) is 0.476. The van der Waals surface area contributed by atoms with E-state index < -0.39 is 5.82 Å². The molecule has 1 saturated carbocycles. The van der Waals surface area contributed by atoms with Gasteiger partial charge in [-0.2, -0.15) is 0 Å². The first-order chi connectivity index (χ1) is 15.0. The molecule has 0 amide bonds. The Morgan fingerprint density at radius 3 is 2.71 bits per heavy atom. The van der Waals surface area contributed by atoms with Crippen LogP contribution in [-0.2, 0) is 0 Å². The predicted molar refractivity (Wildman–Crippen MR) is 115 cm³/mol. The molecule has 0 spiro atoms. The average Bonchev–Trinajstić information content (AvgIpc) is 3.13. The van der Waals surface area contributed by atoms with Crippen LogP contribution >= 0.6 is 0 Å². The number of nitrogens with two attached hydrogens (primary N) is 1. The van der Waals surface area contributed by atoms with Crippen molar-refractivity contribution in [2.75, 3.05) is 13.7 Å². The molecule has 1 fully saturated rings. The van der Waals surface area contributed by atoms with Gasteiger partial charge in [-0.1, -0.05) is 0 Å². The molecule has 7 nitrogen and oxygen atoms in total. The Labute approximate surface area is 178 Å². The molecule has 8 heteroatoms. The fraction of sp³-hybridized carbons (Fsp3) is 0.304. The Kier molecular flexibility index (Phi) is 4.86. The Balaban J connectivity index is 1.47. The standard InChI is InChI=1S/C23H23FN4O3/c1-12-5-15-17(28-12)3-4-19(22(15)24)31-23-16-8-20(29-2)21(9-18(16)26-11-27-23)30-10-13-6-14(25)7-13/h3-5,8-9,11,13-14,28H,6-7,10,25H2,1-2H3/t13-,14+. The van der Waals surface area contributed by atoms with Gasteiger partial charge in [0, 0.05) is 28.7 Å². The molecule has 1 aliphatic rings. The fourth-order valence-corrected chi connectivity index (χ4v) is 4.00. The molecule has 4 aromatic rings. The molecular formula is C23H23FN4O3. The summed E-state index contributed by atoms with van der Waals surface area (Å²) >= 11 is 0. The number of aromatic nitrogens is 3. The molecule has 2 aromatic heterocycles. The number of fused-ring (bicyclic) bond motifs is 2. The summed E-state index contributed by atoms with van der Waals surface area (Å²) in [4.78, 5) is 11.7. The third-order valence-electron chi connectivity index (χ3n) is 5.67. The summed E-state index contributed by atoms with van der Waals surface area (Å²) in [5, 5.41) is 1.07. The van der Waals surface area contributed by atoms with Gasteiger partial charge in [0.05, 0.1) is 24.6 Å². The van der Waals surface area contributed by atoms with E-state index in [-0.39, 0.29) is 17.7 Å². The summed E-state index contributed by atoms with van der Waals surface area (Å²) < 4.78 is 32.3. The minimum absolute atomic E-state index is 0.0899. The highest BCUT2D eigenvalue weighted by Gasteiger charge is 2.27. The molecule has 1 aliphatic carbocycles. The third-order valence-corrected chi connectivity index (χ3v) is 5.67. The van der Waals surface area contributed by atoms with Gasteiger partial charge in [0.15, 0.2) is 23.1 Å². The van der Waals surface area contributed by atoms with Gasteiger partial charge in [0.1, 0.15) is 6.33 Å². The number of hydrogen-bond donors (Lipinski definition) is 2. The van der Waals surface area contributed by atoms with E-state index in [4.69, 9.17) is 19.9 Å². The van der Waals surface area contributed by atoms with Crippen molar-refractivity contribution in [2.24, 2.45) is 11.7 Å². The molecule has 0 bridgehead atoms. The van der Waals surface area contributed by atoms with E-state index >= 15 is 0 Å². The van der Waals surface area contributed by atoms with E-state index in [1.54, 1.807) is 37.4 Å². The van der Waals surface area contributed by atoms with Crippen LogP contribution in [0.3, 0.4) is 0 Å². The first-order valence-electron chi connectivity index (χ1n) is 10.2. The highest BCUT2D eigenvalue weighted by atomic mass is 19.1. The molecular weight excluding hydrogens is 399 g/mol. The van der Waals surface area contributed by atoms with Gasteiger partial charge in [-0.15, -0.1) is 0 Å². The summed E-state index contributed by atoms with van der Waals surface area (Å²) in [7, 11) is 1.57. The molecule has 160 valence electrons. The van der Waals surface area contributed by atoms with Crippen molar-refractivity contribution in [3.63, 3.8) is 0 Å². The molecule has 31 heavy (non-hydrogen) atoms. The van der Waals surface area contributed by atoms with Crippen LogP contribution in [-0.4, -0.2) is 34.7 Å². The van der Waals surface area contributed by atoms with Crippen LogP contribution < -0.4 is 19.9 Å². The molecule has 5 rings (SSSR count). The topological polar surface area (TPSA) is 95.3 Å². The fourth-order valence-electron chi connectivity index (χ4n) is 4.00. The van der Waals surface area contributed by atoms with Crippen molar-refractivity contribution >= 4 is 21.8 Å². The Bertz CT molecular complexity index is 1270. The number of aromatic amines is 1. The number of H-pyrrole nitrogens is 1. The lowest BCUT2D eigenvalue weighted by Crippen LogP contribution is -2.39. The number of aryl methyl sites for hydroxylation is 1. The molecule has 0 aliphatic heterocycles. The van der Waals surface area contributed by atoms with Gasteiger partial charge in [-0.05, 0) is 49.9 Å². The number of benzene rings is 2. The lowest BCUT2D eigenvalue weighted by molar-refractivity contribution is 0.156. The first kappa shape index (κ1) is 19.6. The second kappa shape index (κ2) is 7.70. The van der Waals surface area contributed by atoms with Gasteiger partial charge in [-0.25, -0.2) is 14.4 Å². The van der Waals surface area contributed by atoms with Gasteiger partial charge >= 0.3 is 0 Å². The number of nitrogens with zero attached hydrogens (tertiary/aromatic N) is 2. The largest absolute Gasteiger partial charge is 0.493 e. The minimum atomic E-state index is -0.445. The van der Waals surface area contributed by atoms with Crippen molar-refractivity contribution in [1.82, 2.24) is 15.0 Å². The van der Waals surface area contributed by atoms with Crippen LogP contribution in [0, 0.1) is 18.7 Å². The summed E-state index contributed by atoms with van der Waals surface area (Å²) in [6.07, 6.45) is 3.31. The first-order valence-corrected chi connectivity index (χ1v) is 10.2. The van der Waals surface area contributed by atoms with Crippen molar-refractivity contribution in [3.05, 3.63) is 48.2 Å². The van der Waals surface area contributed by atoms with Crippen molar-refractivity contribution < 1.29 is 18.6 Å². The van der Waals surface area contributed by atoms with Crippen LogP contribution in [0.2, 0.25) is 0 Å². The third kappa shape index (κ3) is 3.63. The van der Waals surface area contributed by atoms with Gasteiger partial charge in [-0.3, -0.25) is 0 Å². The maximum Gasteiger partial charge on any atom is 0.230 e. The second-order valence-corrected chi connectivity index (χ2v) is 8.00. The summed E-state index contributed by atoms with van der Waals surface area (Å²) in [6, 6.07) is 8.92. The number of hydrogen-bond acceptors (Lipinski definition) is 6. The van der Waals surface area contributed by atoms with Crippen molar-refractivity contribution in [2.45, 2.75) is 25.8 Å². The zero-order valence-electron chi connectivity index (χ0n) is 17.3. The van der Waals surface area contributed by atoms with Gasteiger partial charge in [0.2, 0.25) is 5.88 Å². The smallest absolute Gasteiger partial charge is 0.230 e. The Morgan fingerprint density at radius 1 is 1.10 bits per heavy atom. The van der Waals surface area contributed by atoms with E-state index in [1.807, 2.05) is 6.92 Å². The molecule has 0 unspecified atom stereocenters. The molecule has 2 aromatic carbocycles. The zero-order chi connectivity index (χ0) is 21.5. The highest BCUT2D eigenvalue weighted by Crippen LogP contribution is 2.38. The molecule has 0 radical (unpaired) electrons. The van der Waals surface area contributed by atoms with Crippen LogP contribution in [0.15, 0.2) is 36.7 Å². The van der Waals surface area contributed by atoms with Crippen LogP contribution in [0.5, 0.6) is 23.1 Å². The molecule has 0 saturated heterocycles. The van der Waals surface area contributed by atoms with E-state index in [0.29, 0.717) is 45.8 Å². The van der Waals surface area contributed by atoms with E-state index in [2.05, 4.69) is 15.0 Å². The van der Waals surface area contributed by atoms with Crippen LogP contribution in [0.1, 0.15) is 18.5 Å². The normalized spacial score (nSPS) is 18.2. The lowest BCUT2D eigenvalue weighted by atomic mass is 9.82. The van der Waals surface area contributed by atoms with E-state index in [9.17, 15) is 4.39 Å². The summed E-state index contributed by atoms with van der Waals surface area (Å²) in [5.74, 6) is 1.47. The number of halogens is 1. The second-order valence-electron chi connectivity index (χ2n) is 8.00.